The molecule has 0 amide bonds. The van der Waals surface area contributed by atoms with E-state index in [1.165, 1.54) is 6.20 Å². The Labute approximate surface area is 133 Å². The minimum atomic E-state index is -4.47. The molecule has 1 aromatic heterocycles. The summed E-state index contributed by atoms with van der Waals surface area (Å²) in [6.07, 6.45) is -3.15. The predicted octanol–water partition coefficient (Wildman–Crippen LogP) is 5.69. The zero-order valence-corrected chi connectivity index (χ0v) is 13.2. The number of aromatic nitrogens is 1. The van der Waals surface area contributed by atoms with Gasteiger partial charge in [0.15, 0.2) is 0 Å². The maximum absolute atomic E-state index is 13.0. The lowest BCUT2D eigenvalue weighted by atomic mass is 10.1. The van der Waals surface area contributed by atoms with Gasteiger partial charge in [-0.05, 0) is 46.6 Å². The van der Waals surface area contributed by atoms with E-state index in [1.54, 1.807) is 31.2 Å². The second-order valence-electron chi connectivity index (χ2n) is 4.47. The molecule has 2 nitrogen and oxygen atoms in total. The second kappa shape index (κ2) is 6.23. The van der Waals surface area contributed by atoms with Gasteiger partial charge < -0.3 is 5.32 Å². The van der Waals surface area contributed by atoms with Gasteiger partial charge in [0, 0.05) is 21.7 Å². The van der Waals surface area contributed by atoms with E-state index in [9.17, 15) is 13.2 Å². The van der Waals surface area contributed by atoms with E-state index in [4.69, 9.17) is 11.6 Å². The molecule has 7 heteroatoms. The van der Waals surface area contributed by atoms with Crippen LogP contribution in [0.15, 0.2) is 41.0 Å². The zero-order valence-electron chi connectivity index (χ0n) is 10.9. The average molecular weight is 380 g/mol. The van der Waals surface area contributed by atoms with Crippen molar-refractivity contribution in [1.29, 1.82) is 0 Å². The SMILES string of the molecule is CC(Nc1ncc(Br)cc1C(F)(F)F)c1ccc(Cl)cc1. The van der Waals surface area contributed by atoms with Crippen molar-refractivity contribution in [1.82, 2.24) is 4.98 Å². The zero-order chi connectivity index (χ0) is 15.6. The Morgan fingerprint density at radius 2 is 1.86 bits per heavy atom. The van der Waals surface area contributed by atoms with Crippen LogP contribution in [0.2, 0.25) is 5.02 Å². The standard InChI is InChI=1S/C14H11BrClF3N2/c1-8(9-2-4-11(16)5-3-9)21-13-12(14(17,18)19)6-10(15)7-20-13/h2-8H,1H3,(H,20,21). The van der Waals surface area contributed by atoms with Gasteiger partial charge in [-0.2, -0.15) is 13.2 Å². The normalized spacial score (nSPS) is 13.0. The van der Waals surface area contributed by atoms with E-state index in [2.05, 4.69) is 26.2 Å². The summed E-state index contributed by atoms with van der Waals surface area (Å²) in [5, 5.41) is 3.36. The third-order valence-electron chi connectivity index (χ3n) is 2.88. The molecule has 0 fully saturated rings. The summed E-state index contributed by atoms with van der Waals surface area (Å²) in [7, 11) is 0. The quantitative estimate of drug-likeness (QED) is 0.741. The lowest BCUT2D eigenvalue weighted by Gasteiger charge is -2.19. The molecule has 0 spiro atoms. The summed E-state index contributed by atoms with van der Waals surface area (Å²) >= 11 is 8.80. The molecule has 0 radical (unpaired) electrons. The molecule has 1 unspecified atom stereocenters. The van der Waals surface area contributed by atoms with Gasteiger partial charge in [0.05, 0.1) is 5.56 Å². The van der Waals surface area contributed by atoms with Crippen molar-refractivity contribution >= 4 is 33.3 Å². The Balaban J connectivity index is 2.29. The summed E-state index contributed by atoms with van der Waals surface area (Å²) in [6, 6.07) is 7.56. The minimum Gasteiger partial charge on any atom is -0.363 e. The molecule has 2 rings (SSSR count). The summed E-state index contributed by atoms with van der Waals surface area (Å²) in [4.78, 5) is 3.82. The fourth-order valence-electron chi connectivity index (χ4n) is 1.81. The topological polar surface area (TPSA) is 24.9 Å². The molecule has 1 atom stereocenters. The lowest BCUT2D eigenvalue weighted by molar-refractivity contribution is -0.137. The Kier molecular flexibility index (Phi) is 4.78. The third-order valence-corrected chi connectivity index (χ3v) is 3.57. The predicted molar refractivity (Wildman–Crippen MR) is 80.4 cm³/mol. The maximum atomic E-state index is 13.0. The van der Waals surface area contributed by atoms with Crippen LogP contribution in [0, 0.1) is 0 Å². The first-order valence-electron chi connectivity index (χ1n) is 6.02. The van der Waals surface area contributed by atoms with Crippen molar-refractivity contribution < 1.29 is 13.2 Å². The molecule has 1 N–H and O–H groups in total. The third kappa shape index (κ3) is 4.11. The number of nitrogens with zero attached hydrogens (tertiary/aromatic N) is 1. The summed E-state index contributed by atoms with van der Waals surface area (Å²) in [5.41, 5.74) is 0.00920. The molecule has 0 aliphatic rings. The number of halogens is 5. The van der Waals surface area contributed by atoms with Gasteiger partial charge in [-0.1, -0.05) is 23.7 Å². The average Bonchev–Trinajstić information content (AvgIpc) is 2.40. The molecule has 21 heavy (non-hydrogen) atoms. The Bertz CT molecular complexity index is 629. The van der Waals surface area contributed by atoms with Crippen LogP contribution in [0.25, 0.3) is 0 Å². The highest BCUT2D eigenvalue weighted by Gasteiger charge is 2.35. The summed E-state index contributed by atoms with van der Waals surface area (Å²) in [6.45, 7) is 1.76. The van der Waals surface area contributed by atoms with E-state index < -0.39 is 11.7 Å². The van der Waals surface area contributed by atoms with Crippen molar-refractivity contribution in [3.8, 4) is 0 Å². The summed E-state index contributed by atoms with van der Waals surface area (Å²) in [5.74, 6) is -0.201. The highest BCUT2D eigenvalue weighted by molar-refractivity contribution is 9.10. The molecular formula is C14H11BrClF3N2. The minimum absolute atomic E-state index is 0.201. The van der Waals surface area contributed by atoms with Gasteiger partial charge in [0.25, 0.3) is 0 Å². The number of rotatable bonds is 3. The van der Waals surface area contributed by atoms with Crippen LogP contribution in [0.4, 0.5) is 19.0 Å². The largest absolute Gasteiger partial charge is 0.419 e. The van der Waals surface area contributed by atoms with Crippen molar-refractivity contribution in [3.63, 3.8) is 0 Å². The number of benzene rings is 1. The molecule has 0 saturated carbocycles. The number of hydrogen-bond donors (Lipinski definition) is 1. The first-order valence-corrected chi connectivity index (χ1v) is 7.19. The molecule has 1 aromatic carbocycles. The summed E-state index contributed by atoms with van der Waals surface area (Å²) < 4.78 is 39.3. The van der Waals surface area contributed by atoms with Crippen LogP contribution >= 0.6 is 27.5 Å². The van der Waals surface area contributed by atoms with Crippen molar-refractivity contribution in [2.24, 2.45) is 0 Å². The van der Waals surface area contributed by atoms with Crippen molar-refractivity contribution in [3.05, 3.63) is 57.2 Å². The molecule has 0 saturated heterocycles. The highest BCUT2D eigenvalue weighted by Crippen LogP contribution is 2.36. The van der Waals surface area contributed by atoms with Gasteiger partial charge in [-0.25, -0.2) is 4.98 Å². The van der Waals surface area contributed by atoms with Gasteiger partial charge in [-0.3, -0.25) is 0 Å². The van der Waals surface area contributed by atoms with Gasteiger partial charge in [-0.15, -0.1) is 0 Å². The van der Waals surface area contributed by atoms with Crippen LogP contribution in [0.5, 0.6) is 0 Å². The van der Waals surface area contributed by atoms with Gasteiger partial charge >= 0.3 is 6.18 Å². The molecule has 1 heterocycles. The molecule has 0 bridgehead atoms. The van der Waals surface area contributed by atoms with Crippen LogP contribution in [-0.2, 0) is 6.18 Å². The van der Waals surface area contributed by atoms with E-state index in [0.29, 0.717) is 5.02 Å². The molecule has 0 aliphatic carbocycles. The Morgan fingerprint density at radius 1 is 1.24 bits per heavy atom. The van der Waals surface area contributed by atoms with E-state index in [0.717, 1.165) is 11.6 Å². The number of anilines is 1. The fourth-order valence-corrected chi connectivity index (χ4v) is 2.27. The fraction of sp³-hybridized carbons (Fsp3) is 0.214. The molecular weight excluding hydrogens is 369 g/mol. The van der Waals surface area contributed by atoms with Gasteiger partial charge in [0.1, 0.15) is 5.82 Å². The number of pyridine rings is 1. The highest BCUT2D eigenvalue weighted by atomic mass is 79.9. The van der Waals surface area contributed by atoms with Crippen LogP contribution < -0.4 is 5.32 Å². The van der Waals surface area contributed by atoms with Crippen molar-refractivity contribution in [2.45, 2.75) is 19.1 Å². The maximum Gasteiger partial charge on any atom is 0.419 e. The molecule has 0 aliphatic heterocycles. The monoisotopic (exact) mass is 378 g/mol. The number of alkyl halides is 3. The van der Waals surface area contributed by atoms with Crippen LogP contribution in [-0.4, -0.2) is 4.98 Å². The second-order valence-corrected chi connectivity index (χ2v) is 5.82. The van der Waals surface area contributed by atoms with Crippen LogP contribution in [0.3, 0.4) is 0 Å². The van der Waals surface area contributed by atoms with E-state index in [1.807, 2.05) is 0 Å². The first kappa shape index (κ1) is 16.1. The number of nitrogens with one attached hydrogen (secondary N) is 1. The molecule has 112 valence electrons. The smallest absolute Gasteiger partial charge is 0.363 e. The van der Waals surface area contributed by atoms with Crippen LogP contribution in [0.1, 0.15) is 24.1 Å². The Hall–Kier alpha value is -1.27. The van der Waals surface area contributed by atoms with E-state index >= 15 is 0 Å². The Morgan fingerprint density at radius 3 is 2.43 bits per heavy atom. The van der Waals surface area contributed by atoms with E-state index in [-0.39, 0.29) is 16.3 Å². The number of hydrogen-bond acceptors (Lipinski definition) is 2. The first-order chi connectivity index (χ1) is 9.77. The molecule has 2 aromatic rings. The van der Waals surface area contributed by atoms with Gasteiger partial charge in [0.2, 0.25) is 0 Å². The lowest BCUT2D eigenvalue weighted by Crippen LogP contribution is -2.15. The van der Waals surface area contributed by atoms with Crippen molar-refractivity contribution in [2.75, 3.05) is 5.32 Å².